The van der Waals surface area contributed by atoms with Crippen LogP contribution in [0.1, 0.15) is 109 Å². The Kier molecular flexibility index (Phi) is 5.19. The lowest BCUT2D eigenvalue weighted by Crippen LogP contribution is -2.51. The zero-order valence-electron chi connectivity index (χ0n) is 23.9. The van der Waals surface area contributed by atoms with Crippen molar-refractivity contribution < 1.29 is 28.7 Å². The first-order valence-electron chi connectivity index (χ1n) is 16.1. The van der Waals surface area contributed by atoms with Gasteiger partial charge in [-0.3, -0.25) is 19.2 Å². The zero-order chi connectivity index (χ0) is 28.4. The summed E-state index contributed by atoms with van der Waals surface area (Å²) >= 11 is 0. The number of ketones is 2. The second-order valence-corrected chi connectivity index (χ2v) is 15.2. The first-order valence-corrected chi connectivity index (χ1v) is 16.1. The number of hydrogen-bond donors (Lipinski definition) is 0. The number of rotatable bonds is 4. The molecule has 0 unspecified atom stereocenters. The van der Waals surface area contributed by atoms with Gasteiger partial charge in [-0.1, -0.05) is 24.3 Å². The van der Waals surface area contributed by atoms with Gasteiger partial charge in [-0.05, 0) is 125 Å². The fourth-order valence-electron chi connectivity index (χ4n) is 11.5. The van der Waals surface area contributed by atoms with E-state index in [0.29, 0.717) is 35.5 Å². The van der Waals surface area contributed by atoms with Crippen LogP contribution >= 0.6 is 0 Å². The normalized spacial score (nSPS) is 38.3. The van der Waals surface area contributed by atoms with Crippen LogP contribution in [0.15, 0.2) is 36.4 Å². The molecule has 11 rings (SSSR count). The molecular weight excluding hydrogens is 528 g/mol. The smallest absolute Gasteiger partial charge is 0.317 e. The highest BCUT2D eigenvalue weighted by molar-refractivity contribution is 6.30. The summed E-state index contributed by atoms with van der Waals surface area (Å²) in [5.74, 6) is 2.48. The molecule has 0 saturated heterocycles. The van der Waals surface area contributed by atoms with Crippen LogP contribution in [-0.2, 0) is 9.59 Å². The minimum Gasteiger partial charge on any atom is -0.425 e. The molecule has 0 aliphatic heterocycles. The molecule has 9 aliphatic carbocycles. The van der Waals surface area contributed by atoms with Crippen molar-refractivity contribution in [3.05, 3.63) is 58.7 Å². The lowest BCUT2D eigenvalue weighted by atomic mass is 9.49. The number of fused-ring (bicyclic) bond motifs is 2. The summed E-state index contributed by atoms with van der Waals surface area (Å²) in [6, 6.07) is 9.83. The first-order chi connectivity index (χ1) is 20.3. The Morgan fingerprint density at radius 2 is 0.857 bits per heavy atom. The van der Waals surface area contributed by atoms with Gasteiger partial charge in [0, 0.05) is 11.1 Å². The second kappa shape index (κ2) is 8.64. The molecule has 216 valence electrons. The van der Waals surface area contributed by atoms with Crippen LogP contribution in [0, 0.1) is 46.3 Å². The Hall–Kier alpha value is -3.28. The Labute approximate surface area is 245 Å². The van der Waals surface area contributed by atoms with Crippen molar-refractivity contribution in [1.82, 2.24) is 0 Å². The average molecular weight is 565 g/mol. The molecule has 42 heavy (non-hydrogen) atoms. The van der Waals surface area contributed by atoms with Gasteiger partial charge in [0.05, 0.1) is 22.0 Å². The highest BCUT2D eigenvalue weighted by atomic mass is 16.5. The minimum absolute atomic E-state index is 0.103. The summed E-state index contributed by atoms with van der Waals surface area (Å²) in [4.78, 5) is 55.6. The van der Waals surface area contributed by atoms with E-state index < -0.39 is 16.6 Å². The maximum absolute atomic E-state index is 14.2. The van der Waals surface area contributed by atoms with E-state index in [4.69, 9.17) is 9.47 Å². The quantitative estimate of drug-likeness (QED) is 0.259. The van der Waals surface area contributed by atoms with Crippen LogP contribution in [0.3, 0.4) is 0 Å². The van der Waals surface area contributed by atoms with Crippen molar-refractivity contribution in [2.24, 2.45) is 46.3 Å². The number of carbonyl (C=O) groups is 4. The summed E-state index contributed by atoms with van der Waals surface area (Å²) in [5, 5.41) is 0. The maximum atomic E-state index is 14.2. The van der Waals surface area contributed by atoms with Crippen LogP contribution in [-0.4, -0.2) is 23.5 Å². The van der Waals surface area contributed by atoms with Gasteiger partial charge in [0.2, 0.25) is 5.78 Å². The van der Waals surface area contributed by atoms with Crippen molar-refractivity contribution in [3.63, 3.8) is 0 Å². The third-order valence-corrected chi connectivity index (χ3v) is 12.3. The molecule has 0 aromatic heterocycles. The molecule has 9 aliphatic rings. The van der Waals surface area contributed by atoms with Crippen molar-refractivity contribution in [2.45, 2.75) is 77.0 Å². The Balaban J connectivity index is 1.04. The van der Waals surface area contributed by atoms with Crippen molar-refractivity contribution in [3.8, 4) is 11.5 Å². The van der Waals surface area contributed by atoms with E-state index >= 15 is 0 Å². The number of benzene rings is 2. The fourth-order valence-corrected chi connectivity index (χ4v) is 11.5. The van der Waals surface area contributed by atoms with E-state index in [-0.39, 0.29) is 51.5 Å². The molecule has 8 fully saturated rings. The number of ether oxygens (including phenoxy) is 2. The summed E-state index contributed by atoms with van der Waals surface area (Å²) in [5.41, 5.74) is -0.316. The van der Waals surface area contributed by atoms with E-state index in [2.05, 4.69) is 0 Å². The second-order valence-electron chi connectivity index (χ2n) is 15.2. The third-order valence-electron chi connectivity index (χ3n) is 12.3. The van der Waals surface area contributed by atoms with Gasteiger partial charge in [0.15, 0.2) is 5.78 Å². The van der Waals surface area contributed by atoms with Gasteiger partial charge in [-0.15, -0.1) is 0 Å². The predicted octanol–water partition coefficient (Wildman–Crippen LogP) is 6.71. The molecule has 2 aromatic rings. The molecule has 8 saturated carbocycles. The molecular formula is C36H36O6. The van der Waals surface area contributed by atoms with E-state index in [1.807, 2.05) is 0 Å². The maximum Gasteiger partial charge on any atom is 0.317 e. The SMILES string of the molecule is O=C1c2cccc(OC(=O)C34CC5CC(CC(C5)C3)C4)c2C(=O)c2c(OC(=O)C34CC5CC(CC(C5)C3)C4)cccc21. The molecule has 6 heteroatoms. The topological polar surface area (TPSA) is 86.7 Å². The Morgan fingerprint density at radius 1 is 0.524 bits per heavy atom. The van der Waals surface area contributed by atoms with E-state index in [1.165, 1.54) is 38.5 Å². The first kappa shape index (κ1) is 25.2. The Morgan fingerprint density at radius 3 is 1.19 bits per heavy atom. The summed E-state index contributed by atoms with van der Waals surface area (Å²) in [6.07, 6.45) is 12.4. The van der Waals surface area contributed by atoms with Crippen molar-refractivity contribution >= 4 is 23.5 Å². The number of carbonyl (C=O) groups excluding carboxylic acids is 4. The van der Waals surface area contributed by atoms with E-state index in [0.717, 1.165) is 38.5 Å². The molecule has 0 spiro atoms. The largest absolute Gasteiger partial charge is 0.425 e. The van der Waals surface area contributed by atoms with E-state index in [9.17, 15) is 19.2 Å². The van der Waals surface area contributed by atoms with Crippen molar-refractivity contribution in [1.29, 1.82) is 0 Å². The van der Waals surface area contributed by atoms with Crippen LogP contribution in [0.5, 0.6) is 11.5 Å². The molecule has 0 atom stereocenters. The van der Waals surface area contributed by atoms with Gasteiger partial charge in [0.25, 0.3) is 0 Å². The highest BCUT2D eigenvalue weighted by Crippen LogP contribution is 2.61. The zero-order valence-corrected chi connectivity index (χ0v) is 23.9. The average Bonchev–Trinajstić information content (AvgIpc) is 2.94. The van der Waals surface area contributed by atoms with Gasteiger partial charge in [-0.25, -0.2) is 0 Å². The monoisotopic (exact) mass is 564 g/mol. The van der Waals surface area contributed by atoms with Crippen molar-refractivity contribution in [2.75, 3.05) is 0 Å². The van der Waals surface area contributed by atoms with Gasteiger partial charge in [-0.2, -0.15) is 0 Å². The van der Waals surface area contributed by atoms with Gasteiger partial charge < -0.3 is 9.47 Å². The number of hydrogen-bond acceptors (Lipinski definition) is 6. The predicted molar refractivity (Wildman–Crippen MR) is 152 cm³/mol. The molecule has 0 N–H and O–H groups in total. The van der Waals surface area contributed by atoms with Gasteiger partial charge in [0.1, 0.15) is 11.5 Å². The van der Waals surface area contributed by atoms with Crippen LogP contribution in [0.2, 0.25) is 0 Å². The lowest BCUT2D eigenvalue weighted by Gasteiger charge is -2.55. The molecule has 8 bridgehead atoms. The molecule has 6 nitrogen and oxygen atoms in total. The number of esters is 2. The van der Waals surface area contributed by atoms with E-state index in [1.54, 1.807) is 36.4 Å². The highest BCUT2D eigenvalue weighted by Gasteiger charge is 2.57. The minimum atomic E-state index is -0.490. The third kappa shape index (κ3) is 3.56. The van der Waals surface area contributed by atoms with Crippen LogP contribution < -0.4 is 9.47 Å². The molecule has 2 aromatic carbocycles. The lowest BCUT2D eigenvalue weighted by molar-refractivity contribution is -0.162. The molecule has 0 amide bonds. The summed E-state index contributed by atoms with van der Waals surface area (Å²) in [7, 11) is 0. The molecule has 0 heterocycles. The standard InChI is InChI=1S/C36H36O6/c37-31-25-3-1-5-27(41-33(39)35-13-19-7-20(14-35)9-21(8-19)15-35)29(25)32(38)30-26(31)4-2-6-28(30)42-34(40)36-16-22-10-23(17-36)12-24(11-22)18-36/h1-6,19-24H,7-18H2. The van der Waals surface area contributed by atoms with Gasteiger partial charge >= 0.3 is 11.9 Å². The Bertz CT molecular complexity index is 1400. The fraction of sp³-hybridized carbons (Fsp3) is 0.556. The summed E-state index contributed by atoms with van der Waals surface area (Å²) < 4.78 is 12.2. The molecule has 0 radical (unpaired) electrons. The van der Waals surface area contributed by atoms with Crippen LogP contribution in [0.25, 0.3) is 0 Å². The van der Waals surface area contributed by atoms with Crippen LogP contribution in [0.4, 0.5) is 0 Å². The summed E-state index contributed by atoms with van der Waals surface area (Å²) in [6.45, 7) is 0.